The van der Waals surface area contributed by atoms with E-state index in [0.717, 1.165) is 5.56 Å². The molecule has 1 saturated carbocycles. The monoisotopic (exact) mass is 387 g/mol. The molecule has 152 valence electrons. The second kappa shape index (κ2) is 7.50. The third-order valence-corrected chi connectivity index (χ3v) is 5.76. The maximum atomic E-state index is 13.2. The lowest BCUT2D eigenvalue weighted by Crippen LogP contribution is -2.49. The molecule has 2 amide bonds. The van der Waals surface area contributed by atoms with Crippen molar-refractivity contribution in [3.05, 3.63) is 35.4 Å². The zero-order valence-corrected chi connectivity index (χ0v) is 15.0. The lowest BCUT2D eigenvalue weighted by molar-refractivity contribution is -0.160. The number of nitrogens with zero attached hydrogens (tertiary/aromatic N) is 1. The summed E-state index contributed by atoms with van der Waals surface area (Å²) in [7, 11) is 0. The van der Waals surface area contributed by atoms with E-state index in [4.69, 9.17) is 5.73 Å². The maximum Gasteiger partial charge on any atom is 0.398 e. The summed E-state index contributed by atoms with van der Waals surface area (Å²) in [5.41, 5.74) is 5.17. The van der Waals surface area contributed by atoms with E-state index in [9.17, 15) is 22.8 Å². The number of carbonyl (C=O) groups excluding carboxylic acids is 2. The Morgan fingerprint density at radius 2 is 1.96 bits per heavy atom. The average molecular weight is 387 g/mol. The molecule has 5 nitrogen and oxygen atoms in total. The number of carbonyl (C=O) groups is 2. The highest BCUT2D eigenvalue weighted by atomic mass is 19.4. The first kappa shape index (κ1) is 19.7. The zero-order chi connectivity index (χ0) is 19.7. The number of nitrogens with one attached hydrogen (secondary N) is 1. The molecule has 0 spiro atoms. The summed E-state index contributed by atoms with van der Waals surface area (Å²) in [6.45, 7) is 1.41. The van der Waals surface area contributed by atoms with Gasteiger partial charge < -0.3 is 16.0 Å². The van der Waals surface area contributed by atoms with Gasteiger partial charge in [0.1, 0.15) is 0 Å². The van der Waals surface area contributed by atoms with Gasteiger partial charge in [0, 0.05) is 40.9 Å². The predicted molar refractivity (Wildman–Crippen MR) is 98.2 cm³/mol. The van der Waals surface area contributed by atoms with Crippen LogP contribution in [0.4, 0.5) is 13.2 Å². The Balaban J connectivity index is 0.00000210. The Morgan fingerprint density at radius 3 is 2.44 bits per heavy atom. The molecule has 8 heteroatoms. The van der Waals surface area contributed by atoms with E-state index in [1.165, 1.54) is 0 Å². The molecule has 1 unspecified atom stereocenters. The number of alkyl halides is 3. The topological polar surface area (TPSA) is 75.4 Å². The molecule has 0 aromatic heterocycles. The molecule has 0 bridgehead atoms. The van der Waals surface area contributed by atoms with Gasteiger partial charge in [0.25, 0.3) is 0 Å². The van der Waals surface area contributed by atoms with Crippen molar-refractivity contribution in [3.8, 4) is 0 Å². The lowest BCUT2D eigenvalue weighted by Gasteiger charge is -2.40. The summed E-state index contributed by atoms with van der Waals surface area (Å²) < 4.78 is 39.6. The van der Waals surface area contributed by atoms with Crippen LogP contribution in [0.15, 0.2) is 24.3 Å². The lowest BCUT2D eigenvalue weighted by atomic mass is 9.88. The average Bonchev–Trinajstić information content (AvgIpc) is 3.39. The summed E-state index contributed by atoms with van der Waals surface area (Å²) in [4.78, 5) is 24.3. The van der Waals surface area contributed by atoms with Gasteiger partial charge in [-0.2, -0.15) is 13.2 Å². The Hall–Kier alpha value is -2.09. The molecule has 1 aromatic carbocycles. The van der Waals surface area contributed by atoms with Crippen LogP contribution in [0.25, 0.3) is 0 Å². The first-order chi connectivity index (χ1) is 12.8. The molecule has 2 fully saturated rings. The van der Waals surface area contributed by atoms with E-state index in [1.54, 1.807) is 29.2 Å². The van der Waals surface area contributed by atoms with Crippen molar-refractivity contribution < 1.29 is 25.6 Å². The van der Waals surface area contributed by atoms with Crippen LogP contribution in [-0.2, 0) is 15.0 Å². The van der Waals surface area contributed by atoms with Crippen molar-refractivity contribution in [3.63, 3.8) is 0 Å². The number of likely N-dealkylation sites (tertiary alicyclic amines) is 1. The van der Waals surface area contributed by atoms with Crippen LogP contribution in [-0.4, -0.2) is 49.1 Å². The van der Waals surface area contributed by atoms with Crippen molar-refractivity contribution in [1.29, 1.82) is 0 Å². The Bertz CT molecular complexity index is 691. The fourth-order valence-corrected chi connectivity index (χ4v) is 3.65. The zero-order valence-electron chi connectivity index (χ0n) is 15.0. The van der Waals surface area contributed by atoms with Crippen molar-refractivity contribution in [2.75, 3.05) is 19.6 Å². The summed E-state index contributed by atoms with van der Waals surface area (Å²) in [5, 5.41) is 2.57. The molecule has 1 heterocycles. The van der Waals surface area contributed by atoms with Crippen molar-refractivity contribution in [1.82, 2.24) is 10.2 Å². The maximum absolute atomic E-state index is 13.2. The van der Waals surface area contributed by atoms with Crippen LogP contribution in [0.3, 0.4) is 0 Å². The molecule has 2 aliphatic rings. The van der Waals surface area contributed by atoms with E-state index in [2.05, 4.69) is 5.32 Å². The van der Waals surface area contributed by atoms with Gasteiger partial charge in [0.2, 0.25) is 12.3 Å². The molecule has 0 radical (unpaired) electrons. The molecule has 1 atom stereocenters. The molecule has 3 N–H and O–H groups in total. The van der Waals surface area contributed by atoms with Crippen LogP contribution in [0.2, 0.25) is 0 Å². The fourth-order valence-electron chi connectivity index (χ4n) is 3.65. The van der Waals surface area contributed by atoms with Gasteiger partial charge in [-0.1, -0.05) is 24.3 Å². The summed E-state index contributed by atoms with van der Waals surface area (Å²) in [6, 6.07) is 6.46. The third-order valence-electron chi connectivity index (χ3n) is 5.76. The van der Waals surface area contributed by atoms with E-state index in [1.807, 2.05) is 0 Å². The first-order valence-electron chi connectivity index (χ1n) is 9.15. The predicted octanol–water partition coefficient (Wildman–Crippen LogP) is 2.55. The number of hydrogen-bond donors (Lipinski definition) is 2. The number of rotatable bonds is 8. The molecule has 1 aromatic rings. The van der Waals surface area contributed by atoms with Crippen molar-refractivity contribution >= 4 is 12.3 Å². The molecule has 3 rings (SSSR count). The number of benzene rings is 1. The summed E-state index contributed by atoms with van der Waals surface area (Å²) in [5.74, 6) is 0.158. The third kappa shape index (κ3) is 3.95. The molecular weight excluding hydrogens is 359 g/mol. The summed E-state index contributed by atoms with van der Waals surface area (Å²) in [6.07, 6.45) is -2.51. The van der Waals surface area contributed by atoms with Crippen LogP contribution < -0.4 is 11.1 Å². The molecule has 1 aliphatic heterocycles. The SMILES string of the molecule is NCC(CCC(=O)N1CC(c2ccc(C3(C(F)(F)F)CC3)cc2)C1)NC=O.[HH].[HH]. The Morgan fingerprint density at radius 1 is 1.33 bits per heavy atom. The largest absolute Gasteiger partial charge is 0.398 e. The van der Waals surface area contributed by atoms with Crippen LogP contribution in [0, 0.1) is 0 Å². The highest BCUT2D eigenvalue weighted by Gasteiger charge is 2.64. The van der Waals surface area contributed by atoms with E-state index < -0.39 is 11.6 Å². The van der Waals surface area contributed by atoms with Gasteiger partial charge >= 0.3 is 6.18 Å². The number of hydrogen-bond acceptors (Lipinski definition) is 3. The van der Waals surface area contributed by atoms with Gasteiger partial charge in [0.05, 0.1) is 5.41 Å². The molecule has 27 heavy (non-hydrogen) atoms. The van der Waals surface area contributed by atoms with E-state index in [-0.39, 0.29) is 40.1 Å². The van der Waals surface area contributed by atoms with Gasteiger partial charge in [0.15, 0.2) is 0 Å². The smallest absolute Gasteiger partial charge is 0.355 e. The van der Waals surface area contributed by atoms with Crippen LogP contribution in [0.5, 0.6) is 0 Å². The van der Waals surface area contributed by atoms with Crippen molar-refractivity contribution in [2.45, 2.75) is 49.2 Å². The normalized spacial score (nSPS) is 19.9. The van der Waals surface area contributed by atoms with Crippen LogP contribution >= 0.6 is 0 Å². The van der Waals surface area contributed by atoms with Crippen LogP contribution in [0.1, 0.15) is 45.6 Å². The van der Waals surface area contributed by atoms with Gasteiger partial charge in [-0.25, -0.2) is 0 Å². The number of nitrogens with two attached hydrogens (primary N) is 1. The number of amides is 2. The molecular formula is C19H28F3N3O2. The number of halogens is 3. The molecule has 1 aliphatic carbocycles. The second-order valence-electron chi connectivity index (χ2n) is 7.45. The van der Waals surface area contributed by atoms with Gasteiger partial charge in [-0.3, -0.25) is 9.59 Å². The van der Waals surface area contributed by atoms with Gasteiger partial charge in [-0.15, -0.1) is 0 Å². The summed E-state index contributed by atoms with van der Waals surface area (Å²) >= 11 is 0. The van der Waals surface area contributed by atoms with E-state index >= 15 is 0 Å². The molecule has 1 saturated heterocycles. The van der Waals surface area contributed by atoms with E-state index in [0.29, 0.717) is 37.9 Å². The standard InChI is InChI=1S/C19H24F3N3O2.2H2/c20-19(21,22)18(7-8-18)15-3-1-13(2-4-15)14-10-25(11-14)17(27)6-5-16(9-23)24-12-26;;/h1-4,12,14,16H,5-11,23H2,(H,24,26);2*1H. The quantitative estimate of drug-likeness (QED) is 0.673. The minimum absolute atomic E-state index is 0. The second-order valence-corrected chi connectivity index (χ2v) is 7.45. The fraction of sp³-hybridized carbons (Fsp3) is 0.579. The minimum Gasteiger partial charge on any atom is -0.355 e. The first-order valence-corrected chi connectivity index (χ1v) is 9.15. The van der Waals surface area contributed by atoms with Gasteiger partial charge in [-0.05, 0) is 30.4 Å². The minimum atomic E-state index is -4.20. The Kier molecular flexibility index (Phi) is 5.46. The highest BCUT2D eigenvalue weighted by Crippen LogP contribution is 2.58. The Labute approximate surface area is 159 Å². The van der Waals surface area contributed by atoms with Crippen molar-refractivity contribution in [2.24, 2.45) is 5.73 Å². The highest BCUT2D eigenvalue weighted by molar-refractivity contribution is 5.77.